The van der Waals surface area contributed by atoms with E-state index in [9.17, 15) is 9.59 Å². The lowest BCUT2D eigenvalue weighted by atomic mass is 9.88. The molecule has 0 aromatic carbocycles. The summed E-state index contributed by atoms with van der Waals surface area (Å²) in [7, 11) is 0. The molecule has 0 spiro atoms. The van der Waals surface area contributed by atoms with E-state index in [1.807, 2.05) is 0 Å². The van der Waals surface area contributed by atoms with Crippen molar-refractivity contribution in [2.24, 2.45) is 5.41 Å². The Morgan fingerprint density at radius 3 is 1.64 bits per heavy atom. The predicted molar refractivity (Wildman–Crippen MR) is 75.8 cm³/mol. The standard InChI is InChI=1S/C14H26O8/c15-6-8-22-13(20)4-2-1-3-12(19)21-7-5-14(9-16,10-17)11-18/h15-18H,1-11H2. The maximum Gasteiger partial charge on any atom is 0.305 e. The molecule has 0 aliphatic carbocycles. The van der Waals surface area contributed by atoms with Crippen LogP contribution in [0.3, 0.4) is 0 Å². The predicted octanol–water partition coefficient (Wildman–Crippen LogP) is -1.02. The third kappa shape index (κ3) is 8.93. The molecule has 0 saturated heterocycles. The smallest absolute Gasteiger partial charge is 0.305 e. The molecule has 0 aliphatic rings. The molecule has 4 N–H and O–H groups in total. The van der Waals surface area contributed by atoms with Gasteiger partial charge in [-0.3, -0.25) is 9.59 Å². The zero-order valence-electron chi connectivity index (χ0n) is 12.7. The topological polar surface area (TPSA) is 134 Å². The van der Waals surface area contributed by atoms with E-state index in [4.69, 9.17) is 25.2 Å². The van der Waals surface area contributed by atoms with Gasteiger partial charge in [0.05, 0.1) is 33.0 Å². The Morgan fingerprint density at radius 1 is 0.773 bits per heavy atom. The van der Waals surface area contributed by atoms with E-state index >= 15 is 0 Å². The minimum absolute atomic E-state index is 0.000938. The molecule has 8 nitrogen and oxygen atoms in total. The molecule has 0 aliphatic heterocycles. The van der Waals surface area contributed by atoms with Gasteiger partial charge in [-0.2, -0.15) is 0 Å². The van der Waals surface area contributed by atoms with Gasteiger partial charge in [-0.05, 0) is 19.3 Å². The highest BCUT2D eigenvalue weighted by molar-refractivity contribution is 5.70. The van der Waals surface area contributed by atoms with Crippen LogP contribution in [-0.4, -0.2) is 72.0 Å². The second kappa shape index (κ2) is 12.3. The van der Waals surface area contributed by atoms with E-state index in [2.05, 4.69) is 4.74 Å². The highest BCUT2D eigenvalue weighted by Gasteiger charge is 2.28. The van der Waals surface area contributed by atoms with Crippen molar-refractivity contribution in [2.45, 2.75) is 32.1 Å². The number of hydrogen-bond acceptors (Lipinski definition) is 8. The van der Waals surface area contributed by atoms with Crippen LogP contribution in [-0.2, 0) is 19.1 Å². The van der Waals surface area contributed by atoms with Gasteiger partial charge in [-0.15, -0.1) is 0 Å². The Balaban J connectivity index is 3.72. The summed E-state index contributed by atoms with van der Waals surface area (Å²) in [5.41, 5.74) is -1.04. The largest absolute Gasteiger partial charge is 0.466 e. The first-order valence-corrected chi connectivity index (χ1v) is 7.28. The van der Waals surface area contributed by atoms with Crippen LogP contribution in [0.15, 0.2) is 0 Å². The minimum atomic E-state index is -1.04. The molecule has 8 heteroatoms. The average molecular weight is 322 g/mol. The van der Waals surface area contributed by atoms with Crippen LogP contribution < -0.4 is 0 Å². The van der Waals surface area contributed by atoms with Crippen LogP contribution in [0.1, 0.15) is 32.1 Å². The molecule has 0 saturated carbocycles. The SMILES string of the molecule is O=C(CCCCC(=O)OCCC(CO)(CO)CO)OCCO. The number of carbonyl (C=O) groups is 2. The molecule has 0 aromatic rings. The number of carbonyl (C=O) groups excluding carboxylic acids is 2. The van der Waals surface area contributed by atoms with Gasteiger partial charge in [-0.1, -0.05) is 0 Å². The van der Waals surface area contributed by atoms with E-state index in [1.54, 1.807) is 0 Å². The summed E-state index contributed by atoms with van der Waals surface area (Å²) in [5.74, 6) is -0.854. The molecule has 0 rings (SSSR count). The Morgan fingerprint density at radius 2 is 1.23 bits per heavy atom. The van der Waals surface area contributed by atoms with Gasteiger partial charge in [0, 0.05) is 18.3 Å². The van der Waals surface area contributed by atoms with Crippen molar-refractivity contribution in [1.82, 2.24) is 0 Å². The molecule has 0 radical (unpaired) electrons. The monoisotopic (exact) mass is 322 g/mol. The summed E-state index contributed by atoms with van der Waals surface area (Å²) in [6.07, 6.45) is 1.44. The number of ether oxygens (including phenoxy) is 2. The summed E-state index contributed by atoms with van der Waals surface area (Å²) in [6, 6.07) is 0. The Hall–Kier alpha value is -1.22. The molecule has 0 atom stereocenters. The summed E-state index contributed by atoms with van der Waals surface area (Å²) < 4.78 is 9.61. The summed E-state index contributed by atoms with van der Waals surface area (Å²) in [4.78, 5) is 22.6. The van der Waals surface area contributed by atoms with Crippen LogP contribution in [0.2, 0.25) is 0 Å². The van der Waals surface area contributed by atoms with Crippen LogP contribution in [0, 0.1) is 5.41 Å². The van der Waals surface area contributed by atoms with Gasteiger partial charge in [-0.25, -0.2) is 0 Å². The summed E-state index contributed by atoms with van der Waals surface area (Å²) in [6.45, 7) is -1.42. The van der Waals surface area contributed by atoms with E-state index in [0.717, 1.165) is 0 Å². The molecule has 0 amide bonds. The first-order chi connectivity index (χ1) is 10.5. The van der Waals surface area contributed by atoms with Crippen LogP contribution in [0.5, 0.6) is 0 Å². The molecule has 0 aromatic heterocycles. The molecule has 22 heavy (non-hydrogen) atoms. The molecule has 0 unspecified atom stereocenters. The van der Waals surface area contributed by atoms with Gasteiger partial charge >= 0.3 is 11.9 Å². The zero-order chi connectivity index (χ0) is 16.8. The van der Waals surface area contributed by atoms with Gasteiger partial charge in [0.15, 0.2) is 0 Å². The number of unbranched alkanes of at least 4 members (excludes halogenated alkanes) is 1. The number of aliphatic hydroxyl groups excluding tert-OH is 4. The highest BCUT2D eigenvalue weighted by Crippen LogP contribution is 2.19. The van der Waals surface area contributed by atoms with E-state index < -0.39 is 37.2 Å². The lowest BCUT2D eigenvalue weighted by molar-refractivity contribution is -0.147. The normalized spacial score (nSPS) is 11.3. The van der Waals surface area contributed by atoms with Crippen LogP contribution in [0.25, 0.3) is 0 Å². The zero-order valence-corrected chi connectivity index (χ0v) is 12.7. The lowest BCUT2D eigenvalue weighted by Crippen LogP contribution is -2.35. The van der Waals surface area contributed by atoms with Crippen molar-refractivity contribution < 1.29 is 39.5 Å². The fraction of sp³-hybridized carbons (Fsp3) is 0.857. The molecular formula is C14H26O8. The quantitative estimate of drug-likeness (QED) is 0.250. The Kier molecular flexibility index (Phi) is 11.7. The number of rotatable bonds is 13. The number of aliphatic hydroxyl groups is 4. The first kappa shape index (κ1) is 20.8. The van der Waals surface area contributed by atoms with Crippen molar-refractivity contribution in [3.8, 4) is 0 Å². The van der Waals surface area contributed by atoms with Crippen molar-refractivity contribution in [3.63, 3.8) is 0 Å². The molecule has 130 valence electrons. The van der Waals surface area contributed by atoms with Gasteiger partial charge < -0.3 is 29.9 Å². The van der Waals surface area contributed by atoms with Crippen molar-refractivity contribution in [3.05, 3.63) is 0 Å². The van der Waals surface area contributed by atoms with Gasteiger partial charge in [0.1, 0.15) is 6.61 Å². The average Bonchev–Trinajstić information content (AvgIpc) is 2.54. The lowest BCUT2D eigenvalue weighted by Gasteiger charge is -2.26. The van der Waals surface area contributed by atoms with Gasteiger partial charge in [0.2, 0.25) is 0 Å². The summed E-state index contributed by atoms with van der Waals surface area (Å²) >= 11 is 0. The van der Waals surface area contributed by atoms with Crippen molar-refractivity contribution in [2.75, 3.05) is 39.6 Å². The molecule has 0 bridgehead atoms. The molecular weight excluding hydrogens is 296 g/mol. The molecule has 0 fully saturated rings. The fourth-order valence-corrected chi connectivity index (χ4v) is 1.61. The van der Waals surface area contributed by atoms with E-state index in [1.165, 1.54) is 0 Å². The maximum atomic E-state index is 11.5. The van der Waals surface area contributed by atoms with E-state index in [0.29, 0.717) is 12.8 Å². The highest BCUT2D eigenvalue weighted by atomic mass is 16.5. The Labute approximate surface area is 129 Å². The minimum Gasteiger partial charge on any atom is -0.466 e. The molecule has 0 heterocycles. The number of hydrogen-bond donors (Lipinski definition) is 4. The van der Waals surface area contributed by atoms with Crippen molar-refractivity contribution in [1.29, 1.82) is 0 Å². The Bertz CT molecular complexity index is 306. The number of esters is 2. The maximum absolute atomic E-state index is 11.5. The third-order valence-corrected chi connectivity index (χ3v) is 3.27. The van der Waals surface area contributed by atoms with Crippen LogP contribution in [0.4, 0.5) is 0 Å². The van der Waals surface area contributed by atoms with Crippen LogP contribution >= 0.6 is 0 Å². The fourth-order valence-electron chi connectivity index (χ4n) is 1.61. The van der Waals surface area contributed by atoms with Crippen molar-refractivity contribution >= 4 is 11.9 Å². The van der Waals surface area contributed by atoms with E-state index in [-0.39, 0.29) is 39.1 Å². The second-order valence-corrected chi connectivity index (χ2v) is 5.10. The second-order valence-electron chi connectivity index (χ2n) is 5.10. The third-order valence-electron chi connectivity index (χ3n) is 3.27. The summed E-state index contributed by atoms with van der Waals surface area (Å²) in [5, 5.41) is 35.8. The first-order valence-electron chi connectivity index (χ1n) is 7.28. The van der Waals surface area contributed by atoms with Gasteiger partial charge in [0.25, 0.3) is 0 Å².